The van der Waals surface area contributed by atoms with Crippen molar-refractivity contribution in [2.24, 2.45) is 0 Å². The van der Waals surface area contributed by atoms with Crippen LogP contribution in [0.4, 0.5) is 26.3 Å². The van der Waals surface area contributed by atoms with Crippen LogP contribution in [0, 0.1) is 0 Å². The number of nitrogens with one attached hydrogen (secondary N) is 1. The average Bonchev–Trinajstić information content (AvgIpc) is 2.58. The fourth-order valence-corrected chi connectivity index (χ4v) is 2.22. The molecule has 2 rings (SSSR count). The van der Waals surface area contributed by atoms with Gasteiger partial charge >= 0.3 is 12.4 Å². The molecule has 0 aromatic heterocycles. The topological polar surface area (TPSA) is 29.1 Å². The summed E-state index contributed by atoms with van der Waals surface area (Å²) >= 11 is 0. The van der Waals surface area contributed by atoms with Crippen LogP contribution >= 0.6 is 0 Å². The highest BCUT2D eigenvalue weighted by atomic mass is 19.4. The zero-order chi connectivity index (χ0) is 19.4. The summed E-state index contributed by atoms with van der Waals surface area (Å²) in [7, 11) is 0. The molecule has 26 heavy (non-hydrogen) atoms. The lowest BCUT2D eigenvalue weighted by atomic mass is 9.98. The second kappa shape index (κ2) is 7.63. The first kappa shape index (κ1) is 19.6. The van der Waals surface area contributed by atoms with E-state index >= 15 is 0 Å². The molecule has 8 heteroatoms. The molecule has 138 valence electrons. The molecule has 0 radical (unpaired) electrons. The van der Waals surface area contributed by atoms with Gasteiger partial charge in [-0.3, -0.25) is 4.79 Å². The van der Waals surface area contributed by atoms with Crippen LogP contribution in [-0.2, 0) is 4.79 Å². The molecule has 0 spiro atoms. The summed E-state index contributed by atoms with van der Waals surface area (Å²) < 4.78 is 76.8. The molecule has 0 saturated carbocycles. The fraction of sp³-hybridized carbons (Fsp3) is 0.167. The van der Waals surface area contributed by atoms with Crippen molar-refractivity contribution >= 4 is 5.78 Å². The van der Waals surface area contributed by atoms with Gasteiger partial charge in [0.15, 0.2) is 0 Å². The Morgan fingerprint density at radius 2 is 1.19 bits per heavy atom. The minimum absolute atomic E-state index is 0.397. The number of ketones is 1. The first-order valence-corrected chi connectivity index (χ1v) is 7.35. The van der Waals surface area contributed by atoms with Crippen LogP contribution in [0.5, 0.6) is 0 Å². The van der Waals surface area contributed by atoms with Crippen LogP contribution in [0.15, 0.2) is 72.4 Å². The van der Waals surface area contributed by atoms with Gasteiger partial charge in [0.1, 0.15) is 5.70 Å². The number of carbonyl (C=O) groups excluding carboxylic acids is 1. The van der Waals surface area contributed by atoms with E-state index in [1.54, 1.807) is 36.4 Å². The number of allylic oxidation sites excluding steroid dienone is 2. The molecule has 0 aliphatic rings. The van der Waals surface area contributed by atoms with E-state index in [2.05, 4.69) is 0 Å². The average molecular weight is 373 g/mol. The SMILES string of the molecule is O=C(/C=C(/NC(c1ccccc1)c1ccccc1)C(F)(F)F)C(F)(F)F. The van der Waals surface area contributed by atoms with Crippen molar-refractivity contribution in [1.82, 2.24) is 5.32 Å². The van der Waals surface area contributed by atoms with E-state index in [1.165, 1.54) is 24.3 Å². The molecule has 0 amide bonds. The summed E-state index contributed by atoms with van der Waals surface area (Å²) in [5.41, 5.74) is -0.973. The van der Waals surface area contributed by atoms with E-state index < -0.39 is 36.0 Å². The zero-order valence-electron chi connectivity index (χ0n) is 13.1. The van der Waals surface area contributed by atoms with Gasteiger partial charge in [-0.1, -0.05) is 60.7 Å². The third-order valence-corrected chi connectivity index (χ3v) is 3.43. The zero-order valence-corrected chi connectivity index (χ0v) is 13.1. The van der Waals surface area contributed by atoms with E-state index in [0.717, 1.165) is 0 Å². The van der Waals surface area contributed by atoms with Crippen molar-refractivity contribution in [3.63, 3.8) is 0 Å². The Morgan fingerprint density at radius 1 is 0.769 bits per heavy atom. The summed E-state index contributed by atoms with van der Waals surface area (Å²) in [6.45, 7) is 0. The van der Waals surface area contributed by atoms with Crippen LogP contribution in [0.25, 0.3) is 0 Å². The van der Waals surface area contributed by atoms with E-state index in [9.17, 15) is 31.1 Å². The van der Waals surface area contributed by atoms with Crippen molar-refractivity contribution in [3.8, 4) is 0 Å². The van der Waals surface area contributed by atoms with Gasteiger partial charge in [0.25, 0.3) is 5.78 Å². The Morgan fingerprint density at radius 3 is 1.54 bits per heavy atom. The Bertz CT molecular complexity index is 726. The van der Waals surface area contributed by atoms with Crippen molar-refractivity contribution in [1.29, 1.82) is 0 Å². The van der Waals surface area contributed by atoms with Crippen molar-refractivity contribution in [2.75, 3.05) is 0 Å². The third-order valence-electron chi connectivity index (χ3n) is 3.43. The van der Waals surface area contributed by atoms with Crippen LogP contribution in [0.3, 0.4) is 0 Å². The van der Waals surface area contributed by atoms with Gasteiger partial charge < -0.3 is 5.32 Å². The minimum Gasteiger partial charge on any atom is -0.370 e. The van der Waals surface area contributed by atoms with Gasteiger partial charge in [-0.25, -0.2) is 0 Å². The lowest BCUT2D eigenvalue weighted by Crippen LogP contribution is -2.33. The van der Waals surface area contributed by atoms with Crippen LogP contribution in [0.1, 0.15) is 17.2 Å². The number of rotatable bonds is 5. The number of hydrogen-bond donors (Lipinski definition) is 1. The number of alkyl halides is 6. The van der Waals surface area contributed by atoms with Crippen LogP contribution < -0.4 is 5.32 Å². The van der Waals surface area contributed by atoms with E-state index in [-0.39, 0.29) is 0 Å². The second-order valence-electron chi connectivity index (χ2n) is 5.32. The number of benzene rings is 2. The molecule has 0 unspecified atom stereocenters. The monoisotopic (exact) mass is 373 g/mol. The van der Waals surface area contributed by atoms with Crippen molar-refractivity contribution in [3.05, 3.63) is 83.6 Å². The lowest BCUT2D eigenvalue weighted by Gasteiger charge is -2.24. The molecule has 2 aromatic carbocycles. The Balaban J connectivity index is 2.47. The maximum atomic E-state index is 13.2. The molecule has 0 atom stereocenters. The van der Waals surface area contributed by atoms with Crippen molar-refractivity contribution < 1.29 is 31.1 Å². The summed E-state index contributed by atoms with van der Waals surface area (Å²) in [5.74, 6) is -2.59. The number of hydrogen-bond acceptors (Lipinski definition) is 2. The molecular weight excluding hydrogens is 360 g/mol. The van der Waals surface area contributed by atoms with Gasteiger partial charge in [0.2, 0.25) is 0 Å². The first-order chi connectivity index (χ1) is 12.1. The number of halogens is 6. The van der Waals surface area contributed by atoms with E-state index in [4.69, 9.17) is 0 Å². The third kappa shape index (κ3) is 5.11. The Hall–Kier alpha value is -2.77. The second-order valence-corrected chi connectivity index (χ2v) is 5.32. The van der Waals surface area contributed by atoms with Gasteiger partial charge in [0.05, 0.1) is 6.04 Å². The Labute approximate surface area is 145 Å². The maximum absolute atomic E-state index is 13.2. The molecule has 1 N–H and O–H groups in total. The maximum Gasteiger partial charge on any atom is 0.454 e. The van der Waals surface area contributed by atoms with Gasteiger partial charge in [-0.05, 0) is 11.1 Å². The van der Waals surface area contributed by atoms with Gasteiger partial charge in [0, 0.05) is 6.08 Å². The standard InChI is InChI=1S/C18H13F6NO/c19-17(20,21)14(11-15(26)18(22,23)24)25-16(12-7-3-1-4-8-12)13-9-5-2-6-10-13/h1-11,16,25H/b14-11+. The summed E-state index contributed by atoms with van der Waals surface area (Å²) in [4.78, 5) is 11.0. The molecule has 2 nitrogen and oxygen atoms in total. The predicted molar refractivity (Wildman–Crippen MR) is 83.1 cm³/mol. The Kier molecular flexibility index (Phi) is 5.74. The molecular formula is C18H13F6NO. The van der Waals surface area contributed by atoms with Crippen LogP contribution in [0.2, 0.25) is 0 Å². The molecule has 0 saturated heterocycles. The normalized spacial score (nSPS) is 13.0. The first-order valence-electron chi connectivity index (χ1n) is 7.35. The lowest BCUT2D eigenvalue weighted by molar-refractivity contribution is -0.166. The summed E-state index contributed by atoms with van der Waals surface area (Å²) in [6.07, 6.45) is -11.0. The molecule has 0 heterocycles. The molecule has 0 bridgehead atoms. The van der Waals surface area contributed by atoms with Gasteiger partial charge in [-0.2, -0.15) is 26.3 Å². The van der Waals surface area contributed by atoms with Crippen LogP contribution in [-0.4, -0.2) is 18.1 Å². The molecule has 2 aromatic rings. The smallest absolute Gasteiger partial charge is 0.370 e. The quantitative estimate of drug-likeness (QED) is 0.594. The fourth-order valence-electron chi connectivity index (χ4n) is 2.22. The highest BCUT2D eigenvalue weighted by Gasteiger charge is 2.42. The van der Waals surface area contributed by atoms with E-state index in [0.29, 0.717) is 11.1 Å². The molecule has 0 fully saturated rings. The summed E-state index contributed by atoms with van der Waals surface area (Å²) in [5, 5.41) is 2.04. The highest BCUT2D eigenvalue weighted by molar-refractivity contribution is 5.95. The highest BCUT2D eigenvalue weighted by Crippen LogP contribution is 2.31. The largest absolute Gasteiger partial charge is 0.454 e. The van der Waals surface area contributed by atoms with Gasteiger partial charge in [-0.15, -0.1) is 0 Å². The predicted octanol–water partition coefficient (Wildman–Crippen LogP) is 4.94. The molecule has 0 aliphatic heterocycles. The molecule has 0 aliphatic carbocycles. The minimum atomic E-state index is -5.40. The van der Waals surface area contributed by atoms with E-state index in [1.807, 2.05) is 5.32 Å². The van der Waals surface area contributed by atoms with Crippen molar-refractivity contribution in [2.45, 2.75) is 18.4 Å². The number of carbonyl (C=O) groups is 1. The summed E-state index contributed by atoms with van der Waals surface area (Å²) in [6, 6.07) is 14.7.